The predicted molar refractivity (Wildman–Crippen MR) is 76.5 cm³/mol. The van der Waals surface area contributed by atoms with Gasteiger partial charge in [0.05, 0.1) is 11.8 Å². The van der Waals surface area contributed by atoms with Crippen molar-refractivity contribution in [2.24, 2.45) is 5.73 Å². The molecule has 0 spiro atoms. The van der Waals surface area contributed by atoms with Gasteiger partial charge in [0.25, 0.3) is 5.91 Å². The van der Waals surface area contributed by atoms with Gasteiger partial charge in [-0.25, -0.2) is 0 Å². The number of nitrogens with two attached hydrogens (primary N) is 1. The van der Waals surface area contributed by atoms with Gasteiger partial charge in [-0.1, -0.05) is 12.1 Å². The van der Waals surface area contributed by atoms with E-state index in [-0.39, 0.29) is 18.1 Å². The maximum absolute atomic E-state index is 12.6. The Morgan fingerprint density at radius 1 is 1.42 bits per heavy atom. The van der Waals surface area contributed by atoms with E-state index in [9.17, 15) is 4.79 Å². The first-order valence-corrected chi connectivity index (χ1v) is 7.67. The summed E-state index contributed by atoms with van der Waals surface area (Å²) in [5, 5.41) is 0. The highest BCUT2D eigenvalue weighted by molar-refractivity contribution is 7.99. The van der Waals surface area contributed by atoms with Crippen LogP contribution in [0.25, 0.3) is 0 Å². The Hall–Kier alpha value is -1.04. The molecule has 1 amide bonds. The highest BCUT2D eigenvalue weighted by Crippen LogP contribution is 2.35. The predicted octanol–water partition coefficient (Wildman–Crippen LogP) is 1.63. The first kappa shape index (κ1) is 13.0. The zero-order valence-electron chi connectivity index (χ0n) is 10.7. The van der Waals surface area contributed by atoms with Gasteiger partial charge in [0.1, 0.15) is 6.10 Å². The summed E-state index contributed by atoms with van der Waals surface area (Å²) in [5.41, 5.74) is 6.62. The van der Waals surface area contributed by atoms with Gasteiger partial charge in [0.15, 0.2) is 0 Å². The number of fused-ring (bicyclic) bond motifs is 1. The van der Waals surface area contributed by atoms with Crippen LogP contribution in [-0.2, 0) is 9.53 Å². The topological polar surface area (TPSA) is 55.6 Å². The minimum absolute atomic E-state index is 0.0448. The Morgan fingerprint density at radius 2 is 2.26 bits per heavy atom. The molecule has 3 rings (SSSR count). The van der Waals surface area contributed by atoms with Crippen LogP contribution < -0.4 is 10.6 Å². The quantitative estimate of drug-likeness (QED) is 0.893. The second-order valence-electron chi connectivity index (χ2n) is 4.87. The summed E-state index contributed by atoms with van der Waals surface area (Å²) in [6, 6.07) is 8.06. The molecule has 2 aliphatic heterocycles. The molecule has 19 heavy (non-hydrogen) atoms. The third-order valence-electron chi connectivity index (χ3n) is 3.64. The lowest BCUT2D eigenvalue weighted by Crippen LogP contribution is -2.42. The highest BCUT2D eigenvalue weighted by atomic mass is 32.2. The van der Waals surface area contributed by atoms with Gasteiger partial charge in [0.2, 0.25) is 0 Å². The number of rotatable bonds is 2. The van der Waals surface area contributed by atoms with E-state index in [4.69, 9.17) is 10.5 Å². The van der Waals surface area contributed by atoms with Crippen molar-refractivity contribution in [2.45, 2.75) is 29.9 Å². The van der Waals surface area contributed by atoms with E-state index in [1.165, 1.54) is 4.90 Å². The second kappa shape index (κ2) is 5.53. The molecule has 2 aliphatic rings. The summed E-state index contributed by atoms with van der Waals surface area (Å²) in [5.74, 6) is 1.03. The molecule has 0 saturated carbocycles. The van der Waals surface area contributed by atoms with Crippen LogP contribution in [0.1, 0.15) is 12.8 Å². The average molecular weight is 278 g/mol. The van der Waals surface area contributed by atoms with Crippen molar-refractivity contribution in [1.82, 2.24) is 0 Å². The van der Waals surface area contributed by atoms with E-state index >= 15 is 0 Å². The standard InChI is InChI=1S/C14H18N2O2S/c15-9-10-5-6-12(18-10)14(17)16-7-8-19-13-4-2-1-3-11(13)16/h1-4,10,12H,5-9,15H2. The lowest BCUT2D eigenvalue weighted by molar-refractivity contribution is -0.129. The first-order valence-electron chi connectivity index (χ1n) is 6.68. The molecular formula is C14H18N2O2S. The van der Waals surface area contributed by atoms with Crippen molar-refractivity contribution < 1.29 is 9.53 Å². The van der Waals surface area contributed by atoms with E-state index in [0.717, 1.165) is 30.8 Å². The van der Waals surface area contributed by atoms with E-state index in [2.05, 4.69) is 6.07 Å². The number of carbonyl (C=O) groups excluding carboxylic acids is 1. The van der Waals surface area contributed by atoms with Crippen molar-refractivity contribution in [3.8, 4) is 0 Å². The molecule has 0 aromatic heterocycles. The molecular weight excluding hydrogens is 260 g/mol. The van der Waals surface area contributed by atoms with Gasteiger partial charge < -0.3 is 15.4 Å². The van der Waals surface area contributed by atoms with Crippen molar-refractivity contribution in [1.29, 1.82) is 0 Å². The summed E-state index contributed by atoms with van der Waals surface area (Å²) in [4.78, 5) is 15.6. The van der Waals surface area contributed by atoms with Crippen molar-refractivity contribution in [2.75, 3.05) is 23.7 Å². The molecule has 2 unspecified atom stereocenters. The van der Waals surface area contributed by atoms with Crippen LogP contribution in [0.2, 0.25) is 0 Å². The maximum atomic E-state index is 12.6. The largest absolute Gasteiger partial charge is 0.364 e. The lowest BCUT2D eigenvalue weighted by Gasteiger charge is -2.30. The van der Waals surface area contributed by atoms with E-state index in [1.54, 1.807) is 11.8 Å². The SMILES string of the molecule is NCC1CCC(C(=O)N2CCSc3ccccc32)O1. The fourth-order valence-corrected chi connectivity index (χ4v) is 3.63. The average Bonchev–Trinajstić information content (AvgIpc) is 2.95. The van der Waals surface area contributed by atoms with Crippen LogP contribution in [0.5, 0.6) is 0 Å². The molecule has 0 radical (unpaired) electrons. The van der Waals surface area contributed by atoms with Crippen LogP contribution in [0, 0.1) is 0 Å². The Balaban J connectivity index is 1.78. The normalized spacial score (nSPS) is 26.3. The molecule has 2 heterocycles. The molecule has 1 aromatic rings. The number of thioether (sulfide) groups is 1. The zero-order valence-corrected chi connectivity index (χ0v) is 11.6. The number of hydrogen-bond acceptors (Lipinski definition) is 4. The van der Waals surface area contributed by atoms with Crippen LogP contribution in [-0.4, -0.2) is 37.0 Å². The van der Waals surface area contributed by atoms with Gasteiger partial charge in [-0.2, -0.15) is 0 Å². The Bertz CT molecular complexity index is 480. The Labute approximate surface area is 117 Å². The Morgan fingerprint density at radius 3 is 3.05 bits per heavy atom. The molecule has 1 aromatic carbocycles. The Kier molecular flexibility index (Phi) is 3.77. The molecule has 5 heteroatoms. The second-order valence-corrected chi connectivity index (χ2v) is 6.00. The van der Waals surface area contributed by atoms with E-state index < -0.39 is 0 Å². The highest BCUT2D eigenvalue weighted by Gasteiger charge is 2.34. The zero-order chi connectivity index (χ0) is 13.2. The molecule has 0 aliphatic carbocycles. The van der Waals surface area contributed by atoms with E-state index in [1.807, 2.05) is 23.1 Å². The van der Waals surface area contributed by atoms with Crippen molar-refractivity contribution in [3.05, 3.63) is 24.3 Å². The van der Waals surface area contributed by atoms with Gasteiger partial charge >= 0.3 is 0 Å². The van der Waals surface area contributed by atoms with Crippen LogP contribution in [0.3, 0.4) is 0 Å². The number of amides is 1. The summed E-state index contributed by atoms with van der Waals surface area (Å²) >= 11 is 1.80. The van der Waals surface area contributed by atoms with Gasteiger partial charge in [-0.05, 0) is 25.0 Å². The molecule has 1 fully saturated rings. The van der Waals surface area contributed by atoms with Crippen molar-refractivity contribution >= 4 is 23.4 Å². The third kappa shape index (κ3) is 2.50. The molecule has 102 valence electrons. The summed E-state index contributed by atoms with van der Waals surface area (Å²) in [7, 11) is 0. The molecule has 4 nitrogen and oxygen atoms in total. The minimum atomic E-state index is -0.315. The van der Waals surface area contributed by atoms with Gasteiger partial charge in [-0.3, -0.25) is 4.79 Å². The lowest BCUT2D eigenvalue weighted by atomic mass is 10.1. The van der Waals surface area contributed by atoms with Crippen LogP contribution in [0.15, 0.2) is 29.2 Å². The molecule has 2 atom stereocenters. The number of nitrogens with zero attached hydrogens (tertiary/aromatic N) is 1. The number of ether oxygens (including phenoxy) is 1. The van der Waals surface area contributed by atoms with Crippen molar-refractivity contribution in [3.63, 3.8) is 0 Å². The van der Waals surface area contributed by atoms with Crippen LogP contribution >= 0.6 is 11.8 Å². The summed E-state index contributed by atoms with van der Waals surface area (Å²) in [6.45, 7) is 1.25. The van der Waals surface area contributed by atoms with Crippen LogP contribution in [0.4, 0.5) is 5.69 Å². The molecule has 1 saturated heterocycles. The fourth-order valence-electron chi connectivity index (χ4n) is 2.63. The van der Waals surface area contributed by atoms with Gasteiger partial charge in [0, 0.05) is 23.7 Å². The number of carbonyl (C=O) groups is 1. The summed E-state index contributed by atoms with van der Waals surface area (Å²) in [6.07, 6.45) is 1.40. The number of benzene rings is 1. The smallest absolute Gasteiger partial charge is 0.256 e. The summed E-state index contributed by atoms with van der Waals surface area (Å²) < 4.78 is 5.72. The monoisotopic (exact) mass is 278 g/mol. The maximum Gasteiger partial charge on any atom is 0.256 e. The van der Waals surface area contributed by atoms with Gasteiger partial charge in [-0.15, -0.1) is 11.8 Å². The fraction of sp³-hybridized carbons (Fsp3) is 0.500. The first-order chi connectivity index (χ1) is 9.29. The van der Waals surface area contributed by atoms with E-state index in [0.29, 0.717) is 6.54 Å². The third-order valence-corrected chi connectivity index (χ3v) is 4.68. The molecule has 0 bridgehead atoms. The number of para-hydroxylation sites is 1. The minimum Gasteiger partial charge on any atom is -0.364 e. The number of hydrogen-bond donors (Lipinski definition) is 1. The number of anilines is 1. The molecule has 2 N–H and O–H groups in total.